The highest BCUT2D eigenvalue weighted by molar-refractivity contribution is 5.71. The van der Waals surface area contributed by atoms with Crippen LogP contribution in [0.1, 0.15) is 278 Å². The Kier molecular flexibility index (Phi) is 54.3. The Labute approximate surface area is 426 Å². The van der Waals surface area contributed by atoms with Gasteiger partial charge in [0.25, 0.3) is 0 Å². The van der Waals surface area contributed by atoms with Gasteiger partial charge in [0.2, 0.25) is 0 Å². The molecular formula is C63H108O6. The van der Waals surface area contributed by atoms with Gasteiger partial charge in [0, 0.05) is 19.3 Å². The van der Waals surface area contributed by atoms with Crippen molar-refractivity contribution in [1.82, 2.24) is 0 Å². The first kappa shape index (κ1) is 65.6. The minimum atomic E-state index is -0.816. The summed E-state index contributed by atoms with van der Waals surface area (Å²) in [7, 11) is 0. The molecule has 0 bridgehead atoms. The molecule has 0 spiro atoms. The highest BCUT2D eigenvalue weighted by Crippen LogP contribution is 2.16. The standard InChI is InChI=1S/C63H108O6/c1-4-7-10-13-16-19-22-25-28-31-32-33-36-38-41-44-47-50-53-56-62(65)68-59-60(69-63(66)57-54-51-48-45-42-39-35-30-27-24-21-18-15-12-9-6-3)58-67-61(64)55-52-49-46-43-40-37-34-29-26-23-20-17-14-11-8-5-2/h9,12,16,18-19,21-22,25,27,30,39,42,48,51,60H,4-8,10-11,13-15,17,20,23-24,26,28-29,31-38,40-41,43-47,49-50,52-59H2,1-3H3/b12-9-,19-16-,21-18-,25-22-,30-27-,42-39-,51-48-. The van der Waals surface area contributed by atoms with E-state index in [2.05, 4.69) is 99.8 Å². The summed E-state index contributed by atoms with van der Waals surface area (Å²) in [6.07, 6.45) is 74.4. The Morgan fingerprint density at radius 1 is 0.319 bits per heavy atom. The van der Waals surface area contributed by atoms with Crippen LogP contribution in [-0.4, -0.2) is 37.2 Å². The van der Waals surface area contributed by atoms with Gasteiger partial charge < -0.3 is 14.2 Å². The number of ether oxygens (including phenoxy) is 3. The Balaban J connectivity index is 4.45. The van der Waals surface area contributed by atoms with Crippen LogP contribution in [0.5, 0.6) is 0 Å². The van der Waals surface area contributed by atoms with Gasteiger partial charge in [-0.3, -0.25) is 14.4 Å². The molecule has 0 aliphatic carbocycles. The highest BCUT2D eigenvalue weighted by atomic mass is 16.6. The molecule has 0 fully saturated rings. The Bertz CT molecular complexity index is 1330. The summed E-state index contributed by atoms with van der Waals surface area (Å²) in [6.45, 7) is 6.46. The van der Waals surface area contributed by atoms with Crippen molar-refractivity contribution in [3.8, 4) is 0 Å². The second-order valence-electron chi connectivity index (χ2n) is 19.2. The fourth-order valence-electron chi connectivity index (χ4n) is 8.07. The number of hydrogen-bond donors (Lipinski definition) is 0. The molecule has 0 saturated carbocycles. The van der Waals surface area contributed by atoms with Gasteiger partial charge in [0.1, 0.15) is 13.2 Å². The predicted octanol–water partition coefficient (Wildman–Crippen LogP) is 19.5. The smallest absolute Gasteiger partial charge is 0.306 e. The quantitative estimate of drug-likeness (QED) is 0.0199. The van der Waals surface area contributed by atoms with Gasteiger partial charge in [-0.1, -0.05) is 266 Å². The van der Waals surface area contributed by atoms with Crippen molar-refractivity contribution in [3.05, 3.63) is 85.1 Å². The van der Waals surface area contributed by atoms with E-state index in [1.165, 1.54) is 161 Å². The van der Waals surface area contributed by atoms with E-state index in [4.69, 9.17) is 14.2 Å². The third-order valence-electron chi connectivity index (χ3n) is 12.4. The maximum Gasteiger partial charge on any atom is 0.306 e. The normalized spacial score (nSPS) is 12.7. The van der Waals surface area contributed by atoms with Gasteiger partial charge in [-0.05, 0) is 77.0 Å². The van der Waals surface area contributed by atoms with Crippen LogP contribution >= 0.6 is 0 Å². The first-order chi connectivity index (χ1) is 34.0. The van der Waals surface area contributed by atoms with Crippen molar-refractivity contribution < 1.29 is 28.6 Å². The molecule has 0 N–H and O–H groups in total. The molecule has 0 aromatic rings. The zero-order valence-corrected chi connectivity index (χ0v) is 45.3. The molecule has 1 atom stereocenters. The van der Waals surface area contributed by atoms with Crippen LogP contribution in [0, 0.1) is 0 Å². The largest absolute Gasteiger partial charge is 0.462 e. The monoisotopic (exact) mass is 961 g/mol. The molecule has 0 saturated heterocycles. The Hall–Kier alpha value is -3.41. The molecular weight excluding hydrogens is 853 g/mol. The molecule has 0 aliphatic heterocycles. The van der Waals surface area contributed by atoms with Crippen LogP contribution in [0.2, 0.25) is 0 Å². The van der Waals surface area contributed by atoms with E-state index in [1.807, 2.05) is 6.08 Å². The number of carbonyl (C=O) groups excluding carboxylic acids is 3. The van der Waals surface area contributed by atoms with Crippen molar-refractivity contribution in [2.75, 3.05) is 13.2 Å². The van der Waals surface area contributed by atoms with E-state index in [9.17, 15) is 14.4 Å². The van der Waals surface area contributed by atoms with E-state index in [0.717, 1.165) is 70.6 Å². The molecule has 0 aliphatic rings. The van der Waals surface area contributed by atoms with E-state index < -0.39 is 6.10 Å². The molecule has 6 nitrogen and oxygen atoms in total. The summed E-state index contributed by atoms with van der Waals surface area (Å²) in [5.74, 6) is -0.984. The lowest BCUT2D eigenvalue weighted by atomic mass is 10.0. The molecule has 0 aromatic carbocycles. The lowest BCUT2D eigenvalue weighted by Crippen LogP contribution is -2.30. The maximum atomic E-state index is 12.8. The lowest BCUT2D eigenvalue weighted by molar-refractivity contribution is -0.166. The first-order valence-corrected chi connectivity index (χ1v) is 29.1. The second-order valence-corrected chi connectivity index (χ2v) is 19.2. The average molecular weight is 962 g/mol. The van der Waals surface area contributed by atoms with Crippen LogP contribution in [-0.2, 0) is 28.6 Å². The SMILES string of the molecule is CC/C=C\C/C=C\C/C=C\C/C=C\C/C=C\CCC(=O)OC(COC(=O)CCCCCCCCCCCC/C=C\C=C/CCCCC)COC(=O)CCCCCCCCCCCCCCCCCC. The average Bonchev–Trinajstić information content (AvgIpc) is 3.35. The van der Waals surface area contributed by atoms with E-state index in [0.29, 0.717) is 19.3 Å². The minimum absolute atomic E-state index is 0.105. The summed E-state index contributed by atoms with van der Waals surface area (Å²) >= 11 is 0. The summed E-state index contributed by atoms with van der Waals surface area (Å²) in [5, 5.41) is 0. The number of esters is 3. The molecule has 69 heavy (non-hydrogen) atoms. The zero-order valence-electron chi connectivity index (χ0n) is 45.3. The number of hydrogen-bond acceptors (Lipinski definition) is 6. The third kappa shape index (κ3) is 55.4. The van der Waals surface area contributed by atoms with Crippen molar-refractivity contribution in [2.24, 2.45) is 0 Å². The highest BCUT2D eigenvalue weighted by Gasteiger charge is 2.19. The fraction of sp³-hybridized carbons (Fsp3) is 0.730. The molecule has 0 aromatic heterocycles. The fourth-order valence-corrected chi connectivity index (χ4v) is 8.07. The number of allylic oxidation sites excluding steroid dienone is 14. The zero-order chi connectivity index (χ0) is 50.0. The molecule has 6 heteroatoms. The Morgan fingerprint density at radius 2 is 0.638 bits per heavy atom. The first-order valence-electron chi connectivity index (χ1n) is 29.1. The summed E-state index contributed by atoms with van der Waals surface area (Å²) < 4.78 is 16.8. The number of unbranched alkanes of at least 4 members (excludes halogenated alkanes) is 28. The van der Waals surface area contributed by atoms with Crippen molar-refractivity contribution >= 4 is 17.9 Å². The van der Waals surface area contributed by atoms with Crippen LogP contribution in [0.15, 0.2) is 85.1 Å². The summed E-state index contributed by atoms with van der Waals surface area (Å²) in [5.41, 5.74) is 0. The molecule has 1 unspecified atom stereocenters. The molecule has 0 heterocycles. The van der Waals surface area contributed by atoms with Gasteiger partial charge in [0.15, 0.2) is 6.10 Å². The van der Waals surface area contributed by atoms with E-state index >= 15 is 0 Å². The maximum absolute atomic E-state index is 12.8. The summed E-state index contributed by atoms with van der Waals surface area (Å²) in [6, 6.07) is 0. The van der Waals surface area contributed by atoms with Gasteiger partial charge in [-0.2, -0.15) is 0 Å². The minimum Gasteiger partial charge on any atom is -0.462 e. The van der Waals surface area contributed by atoms with Crippen molar-refractivity contribution in [1.29, 1.82) is 0 Å². The van der Waals surface area contributed by atoms with Gasteiger partial charge in [-0.25, -0.2) is 0 Å². The van der Waals surface area contributed by atoms with Crippen molar-refractivity contribution in [3.63, 3.8) is 0 Å². The molecule has 0 amide bonds. The van der Waals surface area contributed by atoms with Crippen LogP contribution in [0.25, 0.3) is 0 Å². The topological polar surface area (TPSA) is 78.9 Å². The van der Waals surface area contributed by atoms with E-state index in [-0.39, 0.29) is 37.5 Å². The van der Waals surface area contributed by atoms with Crippen LogP contribution < -0.4 is 0 Å². The summed E-state index contributed by atoms with van der Waals surface area (Å²) in [4.78, 5) is 38.1. The second kappa shape index (κ2) is 57.2. The van der Waals surface area contributed by atoms with Crippen LogP contribution in [0.3, 0.4) is 0 Å². The molecule has 0 radical (unpaired) electrons. The van der Waals surface area contributed by atoms with Crippen molar-refractivity contribution in [2.45, 2.75) is 284 Å². The predicted molar refractivity (Wildman–Crippen MR) is 297 cm³/mol. The third-order valence-corrected chi connectivity index (χ3v) is 12.4. The van der Waals surface area contributed by atoms with Gasteiger partial charge >= 0.3 is 17.9 Å². The molecule has 396 valence electrons. The number of carbonyl (C=O) groups is 3. The van der Waals surface area contributed by atoms with E-state index in [1.54, 1.807) is 0 Å². The lowest BCUT2D eigenvalue weighted by Gasteiger charge is -2.18. The van der Waals surface area contributed by atoms with Gasteiger partial charge in [0.05, 0.1) is 0 Å². The molecule has 0 rings (SSSR count). The Morgan fingerprint density at radius 3 is 1.03 bits per heavy atom. The van der Waals surface area contributed by atoms with Crippen LogP contribution in [0.4, 0.5) is 0 Å². The van der Waals surface area contributed by atoms with Gasteiger partial charge in [-0.15, -0.1) is 0 Å². The number of rotatable bonds is 52.